The number of aryl methyl sites for hydroxylation is 2. The molecule has 0 spiro atoms. The average molecular weight is 293 g/mol. The van der Waals surface area contributed by atoms with E-state index in [4.69, 9.17) is 5.73 Å². The number of hydrogen-bond acceptors (Lipinski definition) is 4. The molecule has 2 rings (SSSR count). The number of rotatable bonds is 5. The monoisotopic (exact) mass is 293 g/mol. The minimum atomic E-state index is -0.400. The molecule has 0 bridgehead atoms. The second-order valence-electron chi connectivity index (χ2n) is 6.23. The fraction of sp³-hybridized carbons (Fsp3) is 0.733. The Bertz CT molecular complexity index is 502. The van der Waals surface area contributed by atoms with E-state index in [1.807, 2.05) is 14.0 Å². The molecule has 6 heteroatoms. The lowest BCUT2D eigenvalue weighted by atomic mass is 9.98. The Morgan fingerprint density at radius 3 is 2.81 bits per heavy atom. The van der Waals surface area contributed by atoms with Crippen molar-refractivity contribution < 1.29 is 4.79 Å². The van der Waals surface area contributed by atoms with E-state index in [2.05, 4.69) is 29.2 Å². The highest BCUT2D eigenvalue weighted by Crippen LogP contribution is 2.26. The topological polar surface area (TPSA) is 76.2 Å². The second kappa shape index (κ2) is 6.47. The highest BCUT2D eigenvalue weighted by molar-refractivity contribution is 5.99. The highest BCUT2D eigenvalue weighted by Gasteiger charge is 2.27. The van der Waals surface area contributed by atoms with Crippen LogP contribution in [0, 0.1) is 12.8 Å². The minimum absolute atomic E-state index is 0.292. The molecule has 1 saturated heterocycles. The molecule has 1 aliphatic rings. The number of carbonyl (C=O) groups excluding carboxylic acids is 1. The molecule has 1 atom stereocenters. The molecule has 0 saturated carbocycles. The van der Waals surface area contributed by atoms with Crippen LogP contribution >= 0.6 is 0 Å². The van der Waals surface area contributed by atoms with E-state index in [0.29, 0.717) is 23.2 Å². The van der Waals surface area contributed by atoms with E-state index in [1.165, 1.54) is 12.8 Å². The molecule has 1 amide bonds. The maximum absolute atomic E-state index is 11.8. The molecule has 6 nitrogen and oxygen atoms in total. The van der Waals surface area contributed by atoms with Gasteiger partial charge in [0.1, 0.15) is 11.4 Å². The maximum Gasteiger partial charge on any atom is 0.254 e. The summed E-state index contributed by atoms with van der Waals surface area (Å²) in [5.74, 6) is 1.04. The fourth-order valence-corrected chi connectivity index (χ4v) is 3.16. The summed E-state index contributed by atoms with van der Waals surface area (Å²) in [6.07, 6.45) is 2.43. The summed E-state index contributed by atoms with van der Waals surface area (Å²) in [5, 5.41) is 7.83. The van der Waals surface area contributed by atoms with Crippen molar-refractivity contribution in [2.75, 3.05) is 24.5 Å². The Labute approximate surface area is 126 Å². The van der Waals surface area contributed by atoms with Gasteiger partial charge in [0, 0.05) is 19.6 Å². The number of piperidine rings is 1. The van der Waals surface area contributed by atoms with Crippen molar-refractivity contribution >= 4 is 11.7 Å². The fourth-order valence-electron chi connectivity index (χ4n) is 3.16. The third-order valence-corrected chi connectivity index (χ3v) is 4.19. The Kier molecular flexibility index (Phi) is 4.88. The Morgan fingerprint density at radius 1 is 1.57 bits per heavy atom. The van der Waals surface area contributed by atoms with Crippen LogP contribution in [-0.2, 0) is 7.05 Å². The molecule has 1 fully saturated rings. The normalized spacial score (nSPS) is 19.0. The molecule has 2 heterocycles. The summed E-state index contributed by atoms with van der Waals surface area (Å²) >= 11 is 0. The first kappa shape index (κ1) is 15.8. The molecule has 0 aliphatic carbocycles. The van der Waals surface area contributed by atoms with Gasteiger partial charge in [0.25, 0.3) is 5.91 Å². The summed E-state index contributed by atoms with van der Waals surface area (Å²) in [4.78, 5) is 14.1. The second-order valence-corrected chi connectivity index (χ2v) is 6.23. The third-order valence-electron chi connectivity index (χ3n) is 4.19. The van der Waals surface area contributed by atoms with Crippen LogP contribution in [0.25, 0.3) is 0 Å². The van der Waals surface area contributed by atoms with Crippen molar-refractivity contribution in [3.05, 3.63) is 11.3 Å². The summed E-state index contributed by atoms with van der Waals surface area (Å²) in [7, 11) is 1.88. The predicted molar refractivity (Wildman–Crippen MR) is 84.5 cm³/mol. The van der Waals surface area contributed by atoms with Gasteiger partial charge in [0.2, 0.25) is 0 Å². The molecule has 0 radical (unpaired) electrons. The predicted octanol–water partition coefficient (Wildman–Crippen LogP) is 1.04. The Balaban J connectivity index is 2.31. The van der Waals surface area contributed by atoms with Crippen molar-refractivity contribution in [2.45, 2.75) is 39.7 Å². The molecular weight excluding hydrogens is 266 g/mol. The summed E-state index contributed by atoms with van der Waals surface area (Å²) in [5.41, 5.74) is 6.82. The van der Waals surface area contributed by atoms with Crippen molar-refractivity contribution in [3.63, 3.8) is 0 Å². The Morgan fingerprint density at radius 2 is 2.29 bits per heavy atom. The SMILES string of the molecule is Cc1nn(C)c(N(CC2CCCNC2)C(C)C)c1C(N)=O. The molecule has 1 aliphatic heterocycles. The summed E-state index contributed by atoms with van der Waals surface area (Å²) in [6.45, 7) is 9.18. The zero-order chi connectivity index (χ0) is 15.6. The van der Waals surface area contributed by atoms with Crippen LogP contribution < -0.4 is 16.0 Å². The summed E-state index contributed by atoms with van der Waals surface area (Å²) in [6, 6.07) is 0.292. The van der Waals surface area contributed by atoms with E-state index >= 15 is 0 Å². The molecule has 0 aromatic carbocycles. The van der Waals surface area contributed by atoms with E-state index < -0.39 is 5.91 Å². The first-order chi connectivity index (χ1) is 9.91. The van der Waals surface area contributed by atoms with Crippen molar-refractivity contribution in [1.82, 2.24) is 15.1 Å². The lowest BCUT2D eigenvalue weighted by molar-refractivity contribution is 0.1000. The summed E-state index contributed by atoms with van der Waals surface area (Å²) < 4.78 is 1.78. The van der Waals surface area contributed by atoms with E-state index in [-0.39, 0.29) is 0 Å². The first-order valence-corrected chi connectivity index (χ1v) is 7.72. The van der Waals surface area contributed by atoms with Gasteiger partial charge in [0.05, 0.1) is 5.69 Å². The van der Waals surface area contributed by atoms with Crippen molar-refractivity contribution in [1.29, 1.82) is 0 Å². The van der Waals surface area contributed by atoms with E-state index in [0.717, 1.165) is 25.5 Å². The van der Waals surface area contributed by atoms with Crippen LogP contribution in [0.5, 0.6) is 0 Å². The lowest BCUT2D eigenvalue weighted by Crippen LogP contribution is -2.42. The van der Waals surface area contributed by atoms with Crippen LogP contribution in [0.4, 0.5) is 5.82 Å². The molecule has 21 heavy (non-hydrogen) atoms. The number of amides is 1. The zero-order valence-corrected chi connectivity index (χ0v) is 13.5. The van der Waals surface area contributed by atoms with Gasteiger partial charge in [-0.2, -0.15) is 5.10 Å². The van der Waals surface area contributed by atoms with Crippen molar-refractivity contribution in [3.8, 4) is 0 Å². The quantitative estimate of drug-likeness (QED) is 0.850. The maximum atomic E-state index is 11.8. The van der Waals surface area contributed by atoms with Crippen molar-refractivity contribution in [2.24, 2.45) is 18.7 Å². The van der Waals surface area contributed by atoms with Crippen LogP contribution in [0.2, 0.25) is 0 Å². The zero-order valence-electron chi connectivity index (χ0n) is 13.5. The molecule has 1 aromatic heterocycles. The van der Waals surface area contributed by atoms with Gasteiger partial charge < -0.3 is 16.0 Å². The van der Waals surface area contributed by atoms with Gasteiger partial charge in [-0.3, -0.25) is 9.48 Å². The number of carbonyl (C=O) groups is 1. The van der Waals surface area contributed by atoms with Gasteiger partial charge in [-0.15, -0.1) is 0 Å². The Hall–Kier alpha value is -1.56. The molecule has 1 unspecified atom stereocenters. The largest absolute Gasteiger partial charge is 0.365 e. The molecule has 118 valence electrons. The van der Waals surface area contributed by atoms with Crippen LogP contribution in [0.3, 0.4) is 0 Å². The number of nitrogens with zero attached hydrogens (tertiary/aromatic N) is 3. The standard InChI is InChI=1S/C15H27N5O/c1-10(2)20(9-12-6-5-7-17-8-12)15-13(14(16)21)11(3)18-19(15)4/h10,12,17H,5-9H2,1-4H3,(H2,16,21). The van der Waals surface area contributed by atoms with Gasteiger partial charge in [-0.25, -0.2) is 0 Å². The molecule has 1 aromatic rings. The van der Waals surface area contributed by atoms with Gasteiger partial charge in [-0.1, -0.05) is 0 Å². The van der Waals surface area contributed by atoms with Gasteiger partial charge in [0.15, 0.2) is 0 Å². The number of primary amides is 1. The van der Waals surface area contributed by atoms with Crippen LogP contribution in [0.1, 0.15) is 42.7 Å². The molecular formula is C15H27N5O. The smallest absolute Gasteiger partial charge is 0.254 e. The van der Waals surface area contributed by atoms with Gasteiger partial charge in [-0.05, 0) is 52.6 Å². The van der Waals surface area contributed by atoms with Gasteiger partial charge >= 0.3 is 0 Å². The highest BCUT2D eigenvalue weighted by atomic mass is 16.1. The first-order valence-electron chi connectivity index (χ1n) is 7.72. The number of nitrogens with one attached hydrogen (secondary N) is 1. The third kappa shape index (κ3) is 3.37. The number of nitrogens with two attached hydrogens (primary N) is 1. The lowest BCUT2D eigenvalue weighted by Gasteiger charge is -2.34. The van der Waals surface area contributed by atoms with E-state index in [9.17, 15) is 4.79 Å². The number of hydrogen-bond donors (Lipinski definition) is 2. The number of anilines is 1. The average Bonchev–Trinajstić information content (AvgIpc) is 2.71. The van der Waals surface area contributed by atoms with E-state index in [1.54, 1.807) is 4.68 Å². The minimum Gasteiger partial charge on any atom is -0.365 e. The van der Waals surface area contributed by atoms with Crippen LogP contribution in [0.15, 0.2) is 0 Å². The van der Waals surface area contributed by atoms with Crippen LogP contribution in [-0.4, -0.2) is 41.4 Å². The molecule has 3 N–H and O–H groups in total. The number of aromatic nitrogens is 2.